The van der Waals surface area contributed by atoms with E-state index in [9.17, 15) is 0 Å². The van der Waals surface area contributed by atoms with E-state index < -0.39 is 0 Å². The molecule has 0 aromatic heterocycles. The predicted molar refractivity (Wildman–Crippen MR) is 103 cm³/mol. The summed E-state index contributed by atoms with van der Waals surface area (Å²) in [6.07, 6.45) is 1.03. The van der Waals surface area contributed by atoms with Gasteiger partial charge in [-0.1, -0.05) is 6.07 Å². The fourth-order valence-electron chi connectivity index (χ4n) is 2.63. The van der Waals surface area contributed by atoms with Crippen molar-refractivity contribution in [1.82, 2.24) is 5.32 Å². The topological polar surface area (TPSA) is 64.1 Å². The molecule has 2 N–H and O–H groups in total. The van der Waals surface area contributed by atoms with Crippen LogP contribution in [-0.2, 0) is 6.42 Å². The molecule has 1 aliphatic rings. The number of ether oxygens (including phenoxy) is 3. The molecule has 2 aromatic rings. The van der Waals surface area contributed by atoms with Crippen molar-refractivity contribution in [3.05, 3.63) is 48.0 Å². The molecule has 6 heteroatoms. The molecule has 3 rings (SSSR count). The van der Waals surface area contributed by atoms with Crippen LogP contribution in [0.2, 0.25) is 0 Å². The van der Waals surface area contributed by atoms with E-state index >= 15 is 0 Å². The molecule has 26 heavy (non-hydrogen) atoms. The van der Waals surface area contributed by atoms with Crippen molar-refractivity contribution in [2.75, 3.05) is 25.7 Å². The number of aliphatic imine (C=N–C) groups is 1. The molecule has 0 fully saturated rings. The Balaban J connectivity index is 1.49. The highest BCUT2D eigenvalue weighted by Crippen LogP contribution is 2.32. The number of nitrogens with zero attached hydrogens (tertiary/aromatic N) is 1. The molecule has 0 aliphatic carbocycles. The normalized spacial score (nSPS) is 13.0. The molecule has 0 spiro atoms. The van der Waals surface area contributed by atoms with Gasteiger partial charge in [0.2, 0.25) is 6.79 Å². The highest BCUT2D eigenvalue weighted by Gasteiger charge is 2.13. The second kappa shape index (κ2) is 8.47. The van der Waals surface area contributed by atoms with Gasteiger partial charge in [0.25, 0.3) is 0 Å². The lowest BCUT2D eigenvalue weighted by Crippen LogP contribution is -2.32. The third kappa shape index (κ3) is 4.81. The highest BCUT2D eigenvalue weighted by molar-refractivity contribution is 5.93. The zero-order valence-electron chi connectivity index (χ0n) is 15.4. The van der Waals surface area contributed by atoms with Gasteiger partial charge < -0.3 is 24.8 Å². The number of fused-ring (bicyclic) bond motifs is 1. The zero-order chi connectivity index (χ0) is 18.4. The molecule has 0 saturated heterocycles. The van der Waals surface area contributed by atoms with Crippen molar-refractivity contribution in [3.63, 3.8) is 0 Å². The Morgan fingerprint density at radius 2 is 1.88 bits per heavy atom. The van der Waals surface area contributed by atoms with Crippen LogP contribution >= 0.6 is 0 Å². The first-order valence-electron chi connectivity index (χ1n) is 8.77. The molecule has 6 nitrogen and oxygen atoms in total. The fourth-order valence-corrected chi connectivity index (χ4v) is 2.63. The first kappa shape index (κ1) is 17.9. The van der Waals surface area contributed by atoms with Gasteiger partial charge in [-0.2, -0.15) is 0 Å². The van der Waals surface area contributed by atoms with Crippen LogP contribution in [0, 0.1) is 0 Å². The summed E-state index contributed by atoms with van der Waals surface area (Å²) >= 11 is 0. The second-order valence-electron chi connectivity index (χ2n) is 6.25. The molecule has 1 heterocycles. The first-order valence-corrected chi connectivity index (χ1v) is 8.77. The van der Waals surface area contributed by atoms with Gasteiger partial charge >= 0.3 is 0 Å². The summed E-state index contributed by atoms with van der Waals surface area (Å²) in [6.45, 7) is 5.08. The third-order valence-corrected chi connectivity index (χ3v) is 3.86. The summed E-state index contributed by atoms with van der Waals surface area (Å²) in [4.78, 5) is 4.26. The predicted octanol–water partition coefficient (Wildman–Crippen LogP) is 3.43. The number of guanidine groups is 1. The number of benzene rings is 2. The number of anilines is 1. The van der Waals surface area contributed by atoms with Crippen molar-refractivity contribution in [2.45, 2.75) is 26.4 Å². The average Bonchev–Trinajstić information content (AvgIpc) is 3.09. The summed E-state index contributed by atoms with van der Waals surface area (Å²) in [5, 5.41) is 6.59. The lowest BCUT2D eigenvalue weighted by atomic mass is 10.1. The maximum Gasteiger partial charge on any atom is 0.231 e. The molecule has 0 saturated carbocycles. The van der Waals surface area contributed by atoms with E-state index in [0.29, 0.717) is 6.79 Å². The Bertz CT molecular complexity index is 757. The number of hydrogen-bond acceptors (Lipinski definition) is 4. The van der Waals surface area contributed by atoms with Crippen molar-refractivity contribution >= 4 is 11.6 Å². The fraction of sp³-hybridized carbons (Fsp3) is 0.350. The standard InChI is InChI=1S/C20H25N3O3/c1-14(2)26-17-7-5-16(6-8-17)23-20(21-3)22-11-10-15-4-9-18-19(12-15)25-13-24-18/h4-9,12,14H,10-11,13H2,1-3H3,(H2,21,22,23). The van der Waals surface area contributed by atoms with Gasteiger partial charge in [-0.3, -0.25) is 4.99 Å². The minimum Gasteiger partial charge on any atom is -0.491 e. The summed E-state index contributed by atoms with van der Waals surface area (Å²) < 4.78 is 16.4. The molecular weight excluding hydrogens is 330 g/mol. The summed E-state index contributed by atoms with van der Waals surface area (Å²) in [6, 6.07) is 13.9. The van der Waals surface area contributed by atoms with E-state index in [0.717, 1.165) is 41.9 Å². The van der Waals surface area contributed by atoms with Gasteiger partial charge in [0, 0.05) is 19.3 Å². The van der Waals surface area contributed by atoms with Gasteiger partial charge in [-0.25, -0.2) is 0 Å². The Hall–Kier alpha value is -2.89. The Morgan fingerprint density at radius 1 is 1.12 bits per heavy atom. The van der Waals surface area contributed by atoms with E-state index in [1.807, 2.05) is 50.2 Å². The summed E-state index contributed by atoms with van der Waals surface area (Å²) in [5.74, 6) is 3.21. The number of hydrogen-bond donors (Lipinski definition) is 2. The van der Waals surface area contributed by atoms with Crippen LogP contribution in [0.4, 0.5) is 5.69 Å². The van der Waals surface area contributed by atoms with Crippen molar-refractivity contribution in [3.8, 4) is 17.2 Å². The molecular formula is C20H25N3O3. The minimum absolute atomic E-state index is 0.166. The maximum atomic E-state index is 5.65. The Kier molecular flexibility index (Phi) is 5.84. The second-order valence-corrected chi connectivity index (χ2v) is 6.25. The number of rotatable bonds is 6. The van der Waals surface area contributed by atoms with E-state index in [1.54, 1.807) is 7.05 Å². The van der Waals surface area contributed by atoms with E-state index in [1.165, 1.54) is 5.56 Å². The van der Waals surface area contributed by atoms with Crippen molar-refractivity contribution in [2.24, 2.45) is 4.99 Å². The summed E-state index contributed by atoms with van der Waals surface area (Å²) in [7, 11) is 1.76. The molecule has 2 aromatic carbocycles. The third-order valence-electron chi connectivity index (χ3n) is 3.86. The van der Waals surface area contributed by atoms with E-state index in [-0.39, 0.29) is 6.10 Å². The first-order chi connectivity index (χ1) is 12.6. The molecule has 138 valence electrons. The summed E-state index contributed by atoms with van der Waals surface area (Å²) in [5.41, 5.74) is 2.14. The van der Waals surface area contributed by atoms with Crippen LogP contribution in [0.25, 0.3) is 0 Å². The molecule has 0 bridgehead atoms. The average molecular weight is 355 g/mol. The van der Waals surface area contributed by atoms with Gasteiger partial charge in [0.1, 0.15) is 5.75 Å². The van der Waals surface area contributed by atoms with E-state index in [2.05, 4.69) is 21.7 Å². The molecule has 0 amide bonds. The lowest BCUT2D eigenvalue weighted by molar-refractivity contribution is 0.174. The monoisotopic (exact) mass is 355 g/mol. The van der Waals surface area contributed by atoms with E-state index in [4.69, 9.17) is 14.2 Å². The SMILES string of the molecule is CN=C(NCCc1ccc2c(c1)OCO2)Nc1ccc(OC(C)C)cc1. The van der Waals surface area contributed by atoms with Gasteiger partial charge in [0.15, 0.2) is 17.5 Å². The Labute approximate surface area is 154 Å². The smallest absolute Gasteiger partial charge is 0.231 e. The van der Waals surface area contributed by atoms with Crippen LogP contribution in [0.1, 0.15) is 19.4 Å². The van der Waals surface area contributed by atoms with Gasteiger partial charge in [-0.15, -0.1) is 0 Å². The zero-order valence-corrected chi connectivity index (χ0v) is 15.4. The minimum atomic E-state index is 0.166. The maximum absolute atomic E-state index is 5.65. The largest absolute Gasteiger partial charge is 0.491 e. The van der Waals surface area contributed by atoms with Gasteiger partial charge in [-0.05, 0) is 62.2 Å². The molecule has 0 atom stereocenters. The van der Waals surface area contributed by atoms with Gasteiger partial charge in [0.05, 0.1) is 6.10 Å². The molecule has 0 radical (unpaired) electrons. The van der Waals surface area contributed by atoms with Crippen molar-refractivity contribution in [1.29, 1.82) is 0 Å². The lowest BCUT2D eigenvalue weighted by Gasteiger charge is -2.13. The molecule has 0 unspecified atom stereocenters. The Morgan fingerprint density at radius 3 is 2.62 bits per heavy atom. The van der Waals surface area contributed by atoms with Crippen LogP contribution in [-0.4, -0.2) is 32.4 Å². The van der Waals surface area contributed by atoms with Crippen LogP contribution in [0.5, 0.6) is 17.2 Å². The van der Waals surface area contributed by atoms with Crippen molar-refractivity contribution < 1.29 is 14.2 Å². The van der Waals surface area contributed by atoms with Crippen LogP contribution in [0.3, 0.4) is 0 Å². The quantitative estimate of drug-likeness (QED) is 0.614. The highest BCUT2D eigenvalue weighted by atomic mass is 16.7. The van der Waals surface area contributed by atoms with Crippen LogP contribution in [0.15, 0.2) is 47.5 Å². The number of nitrogens with one attached hydrogen (secondary N) is 2. The molecule has 1 aliphatic heterocycles. The van der Waals surface area contributed by atoms with Crippen LogP contribution < -0.4 is 24.8 Å².